The number of rotatable bonds is 5. The van der Waals surface area contributed by atoms with Crippen molar-refractivity contribution in [3.63, 3.8) is 0 Å². The minimum Gasteiger partial charge on any atom is -0.507 e. The van der Waals surface area contributed by atoms with Gasteiger partial charge in [-0.1, -0.05) is 15.9 Å². The fourth-order valence-corrected chi connectivity index (χ4v) is 4.72. The maximum Gasteiger partial charge on any atom is 0.241 e. The van der Waals surface area contributed by atoms with Gasteiger partial charge in [-0.2, -0.15) is 5.10 Å². The lowest BCUT2D eigenvalue weighted by molar-refractivity contribution is -0.121. The Kier molecular flexibility index (Phi) is 6.63. The van der Waals surface area contributed by atoms with Gasteiger partial charge in [0, 0.05) is 51.9 Å². The Balaban J connectivity index is 1.52. The molecule has 0 fully saturated rings. The van der Waals surface area contributed by atoms with E-state index in [4.69, 9.17) is 0 Å². The van der Waals surface area contributed by atoms with E-state index in [2.05, 4.69) is 113 Å². The lowest BCUT2D eigenvalue weighted by Gasteiger charge is -2.07. The molecule has 0 aliphatic rings. The van der Waals surface area contributed by atoms with E-state index in [0.29, 0.717) is 18.5 Å². The Morgan fingerprint density at radius 2 is 1.67 bits per heavy atom. The summed E-state index contributed by atoms with van der Waals surface area (Å²) in [5.74, 6) is -0.0856. The molecule has 152 valence electrons. The molecule has 0 radical (unpaired) electrons. The predicted octanol–water partition coefficient (Wildman–Crippen LogP) is 6.01. The first-order valence-corrected chi connectivity index (χ1v) is 12.0. The third kappa shape index (κ3) is 4.65. The molecule has 0 bridgehead atoms. The van der Waals surface area contributed by atoms with E-state index in [1.54, 1.807) is 18.2 Å². The molecule has 8 heteroatoms. The number of hydrogen-bond donors (Lipinski definition) is 2. The summed E-state index contributed by atoms with van der Waals surface area (Å²) in [5, 5.41) is 16.2. The summed E-state index contributed by atoms with van der Waals surface area (Å²) < 4.78 is 5.37. The topological polar surface area (TPSA) is 66.6 Å². The zero-order chi connectivity index (χ0) is 21.3. The summed E-state index contributed by atoms with van der Waals surface area (Å²) in [5.41, 5.74) is 5.29. The van der Waals surface area contributed by atoms with E-state index in [0.717, 1.165) is 15.5 Å². The quantitative estimate of drug-likeness (QED) is 0.153. The fraction of sp³-hybridized carbons (Fsp3) is 0.0909. The van der Waals surface area contributed by atoms with Gasteiger partial charge in [0.15, 0.2) is 0 Å². The molecule has 1 heterocycles. The van der Waals surface area contributed by atoms with Gasteiger partial charge in [-0.15, -0.1) is 0 Å². The predicted molar refractivity (Wildman–Crippen MR) is 141 cm³/mol. The number of amides is 1. The van der Waals surface area contributed by atoms with Crippen LogP contribution in [0.3, 0.4) is 0 Å². The SMILES string of the molecule is O=C(CCn1c2ccc(I)cc2c2cc(I)ccc21)N/N=C/c1cc(Br)ccc1O. The van der Waals surface area contributed by atoms with Crippen molar-refractivity contribution in [3.8, 4) is 5.75 Å². The number of aromatic nitrogens is 1. The number of fused-ring (bicyclic) bond motifs is 3. The second-order valence-corrected chi connectivity index (χ2v) is 10.1. The number of phenols is 1. The summed E-state index contributed by atoms with van der Waals surface area (Å²) in [6.07, 6.45) is 1.72. The van der Waals surface area contributed by atoms with Crippen LogP contribution in [0.5, 0.6) is 5.75 Å². The van der Waals surface area contributed by atoms with Gasteiger partial charge in [-0.25, -0.2) is 5.43 Å². The van der Waals surface area contributed by atoms with Crippen LogP contribution in [-0.2, 0) is 11.3 Å². The van der Waals surface area contributed by atoms with E-state index in [-0.39, 0.29) is 11.7 Å². The molecule has 2 N–H and O–H groups in total. The number of phenolic OH excluding ortho intramolecular Hbond substituents is 1. The minimum atomic E-state index is -0.188. The normalized spacial score (nSPS) is 11.6. The molecule has 4 aromatic rings. The Morgan fingerprint density at radius 1 is 1.03 bits per heavy atom. The van der Waals surface area contributed by atoms with Crippen LogP contribution in [0.2, 0.25) is 0 Å². The van der Waals surface area contributed by atoms with Crippen molar-refractivity contribution in [2.45, 2.75) is 13.0 Å². The van der Waals surface area contributed by atoms with Crippen molar-refractivity contribution in [2.75, 3.05) is 0 Å². The Hall–Kier alpha value is -1.66. The maximum atomic E-state index is 12.3. The number of hydrazone groups is 1. The summed E-state index contributed by atoms with van der Waals surface area (Å²) >= 11 is 7.99. The molecule has 0 atom stereocenters. The first kappa shape index (κ1) is 21.6. The van der Waals surface area contributed by atoms with Crippen LogP contribution in [0.25, 0.3) is 21.8 Å². The monoisotopic (exact) mass is 687 g/mol. The lowest BCUT2D eigenvalue weighted by Crippen LogP contribution is -2.19. The van der Waals surface area contributed by atoms with Crippen LogP contribution in [0.15, 0.2) is 64.2 Å². The first-order valence-electron chi connectivity index (χ1n) is 9.10. The number of aromatic hydroxyl groups is 1. The third-order valence-electron chi connectivity index (χ3n) is 4.73. The van der Waals surface area contributed by atoms with Gasteiger partial charge < -0.3 is 9.67 Å². The second-order valence-electron chi connectivity index (χ2n) is 6.72. The van der Waals surface area contributed by atoms with Crippen molar-refractivity contribution < 1.29 is 9.90 Å². The molecule has 1 aromatic heterocycles. The average molecular weight is 688 g/mol. The van der Waals surface area contributed by atoms with Gasteiger partial charge in [0.2, 0.25) is 5.91 Å². The van der Waals surface area contributed by atoms with Crippen molar-refractivity contribution in [1.82, 2.24) is 9.99 Å². The highest BCUT2D eigenvalue weighted by atomic mass is 127. The van der Waals surface area contributed by atoms with E-state index >= 15 is 0 Å². The Bertz CT molecular complexity index is 1240. The highest BCUT2D eigenvalue weighted by Crippen LogP contribution is 2.31. The maximum absolute atomic E-state index is 12.3. The molecular weight excluding hydrogens is 672 g/mol. The largest absolute Gasteiger partial charge is 0.507 e. The number of carbonyl (C=O) groups is 1. The number of carbonyl (C=O) groups excluding carboxylic acids is 1. The smallest absolute Gasteiger partial charge is 0.241 e. The summed E-state index contributed by atoms with van der Waals surface area (Å²) in [6.45, 7) is 0.546. The van der Waals surface area contributed by atoms with Crippen molar-refractivity contribution in [1.29, 1.82) is 0 Å². The van der Waals surface area contributed by atoms with Gasteiger partial charge in [-0.3, -0.25) is 4.79 Å². The van der Waals surface area contributed by atoms with Crippen LogP contribution in [0.4, 0.5) is 0 Å². The third-order valence-corrected chi connectivity index (χ3v) is 6.57. The molecule has 0 saturated carbocycles. The summed E-state index contributed by atoms with van der Waals surface area (Å²) in [7, 11) is 0. The van der Waals surface area contributed by atoms with Crippen LogP contribution < -0.4 is 5.43 Å². The van der Waals surface area contributed by atoms with Crippen LogP contribution >= 0.6 is 61.1 Å². The molecule has 0 spiro atoms. The van der Waals surface area contributed by atoms with E-state index in [9.17, 15) is 9.90 Å². The number of benzene rings is 3. The summed E-state index contributed by atoms with van der Waals surface area (Å²) in [4.78, 5) is 12.3. The molecule has 4 rings (SSSR count). The molecule has 1 amide bonds. The molecule has 5 nitrogen and oxygen atoms in total. The zero-order valence-corrected chi connectivity index (χ0v) is 21.5. The fourth-order valence-electron chi connectivity index (χ4n) is 3.36. The van der Waals surface area contributed by atoms with Gasteiger partial charge >= 0.3 is 0 Å². The Labute approximate surface area is 208 Å². The summed E-state index contributed by atoms with van der Waals surface area (Å²) in [6, 6.07) is 17.8. The highest BCUT2D eigenvalue weighted by Gasteiger charge is 2.12. The highest BCUT2D eigenvalue weighted by molar-refractivity contribution is 14.1. The van der Waals surface area contributed by atoms with Crippen LogP contribution in [0.1, 0.15) is 12.0 Å². The van der Waals surface area contributed by atoms with Gasteiger partial charge in [0.05, 0.1) is 6.21 Å². The molecule has 0 aliphatic carbocycles. The minimum absolute atomic E-state index is 0.103. The van der Waals surface area contributed by atoms with Gasteiger partial charge in [0.25, 0.3) is 0 Å². The van der Waals surface area contributed by atoms with E-state index in [1.807, 2.05) is 0 Å². The van der Waals surface area contributed by atoms with Crippen LogP contribution in [0, 0.1) is 7.14 Å². The molecule has 30 heavy (non-hydrogen) atoms. The van der Waals surface area contributed by atoms with Gasteiger partial charge in [-0.05, 0) is 99.8 Å². The van der Waals surface area contributed by atoms with Crippen molar-refractivity contribution >= 4 is 95.0 Å². The number of hydrogen-bond acceptors (Lipinski definition) is 3. The average Bonchev–Trinajstić information content (AvgIpc) is 3.01. The zero-order valence-electron chi connectivity index (χ0n) is 15.6. The molecule has 0 saturated heterocycles. The van der Waals surface area contributed by atoms with Crippen molar-refractivity contribution in [2.24, 2.45) is 5.10 Å². The number of halogens is 3. The number of aryl methyl sites for hydroxylation is 1. The molecule has 0 aliphatic heterocycles. The molecule has 3 aromatic carbocycles. The standard InChI is InChI=1S/C22H16BrI2N3O2/c23-14-1-6-21(29)13(9-14)12-26-27-22(30)7-8-28-19-4-2-15(24)10-17(19)18-11-16(25)3-5-20(18)28/h1-6,9-12,29H,7-8H2,(H,27,30)/b26-12+. The lowest BCUT2D eigenvalue weighted by atomic mass is 10.2. The Morgan fingerprint density at radius 3 is 2.30 bits per heavy atom. The van der Waals surface area contributed by atoms with E-state index < -0.39 is 0 Å². The van der Waals surface area contributed by atoms with Crippen molar-refractivity contribution in [3.05, 3.63) is 71.8 Å². The van der Waals surface area contributed by atoms with E-state index in [1.165, 1.54) is 24.1 Å². The number of nitrogens with zero attached hydrogens (tertiary/aromatic N) is 2. The molecular formula is C22H16BrI2N3O2. The first-order chi connectivity index (χ1) is 14.4. The second kappa shape index (κ2) is 9.23. The number of nitrogens with one attached hydrogen (secondary N) is 1. The van der Waals surface area contributed by atoms with Crippen LogP contribution in [-0.4, -0.2) is 21.8 Å². The van der Waals surface area contributed by atoms with Gasteiger partial charge in [0.1, 0.15) is 5.75 Å². The molecule has 0 unspecified atom stereocenters.